The molecule has 0 spiro atoms. The van der Waals surface area contributed by atoms with Crippen LogP contribution in [-0.2, 0) is 0 Å². The van der Waals surface area contributed by atoms with Gasteiger partial charge >= 0.3 is 0 Å². The number of carbonyl (C=O) groups is 1. The summed E-state index contributed by atoms with van der Waals surface area (Å²) in [6.45, 7) is 5.80. The zero-order valence-corrected chi connectivity index (χ0v) is 14.2. The molecular weight excluding hydrogens is 304 g/mol. The van der Waals surface area contributed by atoms with Gasteiger partial charge < -0.3 is 15.4 Å². The van der Waals surface area contributed by atoms with E-state index in [1.54, 1.807) is 6.07 Å². The van der Waals surface area contributed by atoms with E-state index >= 15 is 0 Å². The van der Waals surface area contributed by atoms with E-state index in [1.807, 2.05) is 45.0 Å². The van der Waals surface area contributed by atoms with Crippen molar-refractivity contribution in [2.75, 3.05) is 10.6 Å². The lowest BCUT2D eigenvalue weighted by molar-refractivity contribution is 0.102. The predicted molar refractivity (Wildman–Crippen MR) is 93.6 cm³/mol. The Bertz CT molecular complexity index is 724. The van der Waals surface area contributed by atoms with Crippen molar-refractivity contribution in [3.63, 3.8) is 0 Å². The Hall–Kier alpha value is -2.63. The topological polar surface area (TPSA) is 76.1 Å². The van der Waals surface area contributed by atoms with E-state index in [4.69, 9.17) is 4.74 Å². The van der Waals surface area contributed by atoms with Crippen LogP contribution in [0.3, 0.4) is 0 Å². The van der Waals surface area contributed by atoms with Crippen molar-refractivity contribution >= 4 is 17.5 Å². The molecular formula is C18H22N4O2. The maximum absolute atomic E-state index is 12.4. The van der Waals surface area contributed by atoms with Gasteiger partial charge in [0.05, 0.1) is 6.10 Å². The Morgan fingerprint density at radius 3 is 2.54 bits per heavy atom. The normalized spacial score (nSPS) is 13.7. The molecule has 24 heavy (non-hydrogen) atoms. The van der Waals surface area contributed by atoms with Crippen molar-refractivity contribution in [1.29, 1.82) is 0 Å². The minimum Gasteiger partial charge on any atom is -0.491 e. The summed E-state index contributed by atoms with van der Waals surface area (Å²) in [5.41, 5.74) is 1.82. The first kappa shape index (κ1) is 16.2. The van der Waals surface area contributed by atoms with Gasteiger partial charge in [-0.2, -0.15) is 0 Å². The van der Waals surface area contributed by atoms with Crippen molar-refractivity contribution in [2.45, 2.75) is 45.8 Å². The average Bonchev–Trinajstić information content (AvgIpc) is 3.32. The van der Waals surface area contributed by atoms with Gasteiger partial charge in [-0.3, -0.25) is 4.79 Å². The van der Waals surface area contributed by atoms with Crippen LogP contribution < -0.4 is 15.4 Å². The standard InChI is InChI=1S/C18H22N4O2/c1-11(2)24-15-8-6-13(7-9-15)20-17(23)16-10-12(3)19-18(22-16)21-14-4-5-14/h6-11,14H,4-5H2,1-3H3,(H,20,23)(H,19,21,22). The fourth-order valence-electron chi connectivity index (χ4n) is 2.24. The van der Waals surface area contributed by atoms with Gasteiger partial charge in [0.15, 0.2) is 0 Å². The first-order valence-corrected chi connectivity index (χ1v) is 8.20. The summed E-state index contributed by atoms with van der Waals surface area (Å²) in [5, 5.41) is 6.07. The van der Waals surface area contributed by atoms with Crippen LogP contribution in [0, 0.1) is 6.92 Å². The summed E-state index contributed by atoms with van der Waals surface area (Å²) in [7, 11) is 0. The minimum absolute atomic E-state index is 0.117. The molecule has 2 aromatic rings. The van der Waals surface area contributed by atoms with E-state index in [2.05, 4.69) is 20.6 Å². The SMILES string of the molecule is Cc1cc(C(=O)Nc2ccc(OC(C)C)cc2)nc(NC2CC2)n1. The van der Waals surface area contributed by atoms with Crippen LogP contribution >= 0.6 is 0 Å². The van der Waals surface area contributed by atoms with Crippen LogP contribution in [0.25, 0.3) is 0 Å². The molecule has 6 nitrogen and oxygen atoms in total. The molecule has 0 saturated heterocycles. The van der Waals surface area contributed by atoms with Crippen LogP contribution in [0.15, 0.2) is 30.3 Å². The molecule has 0 aliphatic heterocycles. The van der Waals surface area contributed by atoms with Gasteiger partial charge in [0.1, 0.15) is 11.4 Å². The van der Waals surface area contributed by atoms with Gasteiger partial charge in [-0.1, -0.05) is 0 Å². The molecule has 2 N–H and O–H groups in total. The van der Waals surface area contributed by atoms with Crippen LogP contribution in [0.5, 0.6) is 5.75 Å². The van der Waals surface area contributed by atoms with Crippen molar-refractivity contribution in [1.82, 2.24) is 9.97 Å². The molecule has 126 valence electrons. The zero-order chi connectivity index (χ0) is 17.1. The Morgan fingerprint density at radius 1 is 1.21 bits per heavy atom. The molecule has 0 unspecified atom stereocenters. The van der Waals surface area contributed by atoms with Gasteiger partial charge in [0.2, 0.25) is 5.95 Å². The fourth-order valence-corrected chi connectivity index (χ4v) is 2.24. The van der Waals surface area contributed by atoms with Crippen molar-refractivity contribution in [2.24, 2.45) is 0 Å². The second kappa shape index (κ2) is 6.86. The lowest BCUT2D eigenvalue weighted by atomic mass is 10.2. The van der Waals surface area contributed by atoms with Gasteiger partial charge in [0.25, 0.3) is 5.91 Å². The van der Waals surface area contributed by atoms with E-state index in [1.165, 1.54) is 0 Å². The maximum Gasteiger partial charge on any atom is 0.274 e. The molecule has 6 heteroatoms. The number of ether oxygens (including phenoxy) is 1. The number of anilines is 2. The summed E-state index contributed by atoms with van der Waals surface area (Å²) in [6.07, 6.45) is 2.37. The highest BCUT2D eigenvalue weighted by Gasteiger charge is 2.22. The van der Waals surface area contributed by atoms with Gasteiger partial charge in [-0.05, 0) is 63.9 Å². The highest BCUT2D eigenvalue weighted by atomic mass is 16.5. The first-order chi connectivity index (χ1) is 11.5. The van der Waals surface area contributed by atoms with Gasteiger partial charge in [-0.25, -0.2) is 9.97 Å². The van der Waals surface area contributed by atoms with E-state index in [0.29, 0.717) is 23.4 Å². The molecule has 1 fully saturated rings. The molecule has 1 aromatic heterocycles. The van der Waals surface area contributed by atoms with Gasteiger partial charge in [-0.15, -0.1) is 0 Å². The maximum atomic E-state index is 12.4. The third-order valence-corrected chi connectivity index (χ3v) is 3.48. The Morgan fingerprint density at radius 2 is 1.92 bits per heavy atom. The lowest BCUT2D eigenvalue weighted by Gasteiger charge is -2.11. The number of rotatable bonds is 6. The summed E-state index contributed by atoms with van der Waals surface area (Å²) < 4.78 is 5.59. The van der Waals surface area contributed by atoms with E-state index < -0.39 is 0 Å². The molecule has 0 radical (unpaired) electrons. The number of amides is 1. The fraction of sp³-hybridized carbons (Fsp3) is 0.389. The molecule has 1 saturated carbocycles. The molecule has 1 amide bonds. The first-order valence-electron chi connectivity index (χ1n) is 8.20. The quantitative estimate of drug-likeness (QED) is 0.851. The molecule has 1 aliphatic rings. The number of benzene rings is 1. The van der Waals surface area contributed by atoms with Crippen molar-refractivity contribution in [3.8, 4) is 5.75 Å². The highest BCUT2D eigenvalue weighted by Crippen LogP contribution is 2.23. The number of carbonyl (C=O) groups excluding carboxylic acids is 1. The zero-order valence-electron chi connectivity index (χ0n) is 14.2. The molecule has 3 rings (SSSR count). The molecule has 1 aliphatic carbocycles. The lowest BCUT2D eigenvalue weighted by Crippen LogP contribution is -2.16. The number of aromatic nitrogens is 2. The second-order valence-electron chi connectivity index (χ2n) is 6.28. The van der Waals surface area contributed by atoms with E-state index in [9.17, 15) is 4.79 Å². The Labute approximate surface area is 141 Å². The van der Waals surface area contributed by atoms with Crippen LogP contribution in [0.1, 0.15) is 42.9 Å². The van der Waals surface area contributed by atoms with E-state index in [0.717, 1.165) is 24.3 Å². The molecule has 0 atom stereocenters. The summed E-state index contributed by atoms with van der Waals surface area (Å²) in [6, 6.07) is 9.42. The Balaban J connectivity index is 1.68. The number of hydrogen-bond acceptors (Lipinski definition) is 5. The van der Waals surface area contributed by atoms with Crippen LogP contribution in [0.4, 0.5) is 11.6 Å². The smallest absolute Gasteiger partial charge is 0.274 e. The number of aryl methyl sites for hydroxylation is 1. The number of nitrogens with one attached hydrogen (secondary N) is 2. The minimum atomic E-state index is -0.253. The summed E-state index contributed by atoms with van der Waals surface area (Å²) >= 11 is 0. The van der Waals surface area contributed by atoms with Gasteiger partial charge in [0, 0.05) is 17.4 Å². The summed E-state index contributed by atoms with van der Waals surface area (Å²) in [5.74, 6) is 1.04. The molecule has 1 heterocycles. The average molecular weight is 326 g/mol. The predicted octanol–water partition coefficient (Wildman–Crippen LogP) is 3.40. The van der Waals surface area contributed by atoms with Crippen molar-refractivity contribution in [3.05, 3.63) is 41.7 Å². The van der Waals surface area contributed by atoms with Crippen molar-refractivity contribution < 1.29 is 9.53 Å². The number of hydrogen-bond donors (Lipinski definition) is 2. The summed E-state index contributed by atoms with van der Waals surface area (Å²) in [4.78, 5) is 21.1. The Kier molecular flexibility index (Phi) is 4.64. The van der Waals surface area contributed by atoms with Crippen LogP contribution in [-0.4, -0.2) is 28.0 Å². The molecule has 0 bridgehead atoms. The largest absolute Gasteiger partial charge is 0.491 e. The van der Waals surface area contributed by atoms with Crippen LogP contribution in [0.2, 0.25) is 0 Å². The highest BCUT2D eigenvalue weighted by molar-refractivity contribution is 6.03. The second-order valence-corrected chi connectivity index (χ2v) is 6.28. The van der Waals surface area contributed by atoms with E-state index in [-0.39, 0.29) is 12.0 Å². The third-order valence-electron chi connectivity index (χ3n) is 3.48. The monoisotopic (exact) mass is 326 g/mol. The third kappa shape index (κ3) is 4.44. The molecule has 1 aromatic carbocycles. The number of nitrogens with zero attached hydrogens (tertiary/aromatic N) is 2.